The first-order valence-electron chi connectivity index (χ1n) is 14.7. The number of halogens is 5. The van der Waals surface area contributed by atoms with Crippen LogP contribution in [0.1, 0.15) is 24.1 Å². The number of amidine groups is 1. The van der Waals surface area contributed by atoms with Crippen LogP contribution < -0.4 is 9.47 Å². The summed E-state index contributed by atoms with van der Waals surface area (Å²) in [5.41, 5.74) is 0.979. The molecular weight excluding hydrogens is 689 g/mol. The number of hydrogen-bond acceptors (Lipinski definition) is 9. The van der Waals surface area contributed by atoms with E-state index in [2.05, 4.69) is 24.7 Å². The Morgan fingerprint density at radius 2 is 1.72 bits per heavy atom. The molecule has 4 heterocycles. The lowest BCUT2D eigenvalue weighted by Crippen LogP contribution is -2.28. The topological polar surface area (TPSA) is 132 Å². The Bertz CT molecular complexity index is 2300. The number of fused-ring (bicyclic) bond motifs is 1. The molecule has 0 radical (unpaired) electrons. The number of ether oxygens (including phenoxy) is 2. The summed E-state index contributed by atoms with van der Waals surface area (Å²) in [7, 11) is -0.244. The maximum atomic E-state index is 15.4. The number of nitrogens with zero attached hydrogens (tertiary/aromatic N) is 5. The molecule has 0 bridgehead atoms. The first-order chi connectivity index (χ1) is 23.6. The lowest BCUT2D eigenvalue weighted by atomic mass is 9.93. The van der Waals surface area contributed by atoms with Gasteiger partial charge in [0.25, 0.3) is 0 Å². The molecule has 17 heteroatoms. The number of carbonyl (C=O) groups is 1. The maximum absolute atomic E-state index is 15.4. The molecule has 2 aliphatic rings. The number of hydrazone groups is 1. The van der Waals surface area contributed by atoms with Crippen molar-refractivity contribution < 1.29 is 50.0 Å². The molecule has 3 aromatic carbocycles. The number of hydrogen-bond donors (Lipinski definition) is 1. The third-order valence-electron chi connectivity index (χ3n) is 8.04. The number of aliphatic hydroxyl groups is 1. The zero-order valence-electron chi connectivity index (χ0n) is 26.4. The van der Waals surface area contributed by atoms with E-state index in [4.69, 9.17) is 4.42 Å². The first-order valence-corrected chi connectivity index (χ1v) is 16.3. The van der Waals surface area contributed by atoms with Gasteiger partial charge in [-0.05, 0) is 53.6 Å². The van der Waals surface area contributed by atoms with E-state index >= 15 is 13.2 Å². The van der Waals surface area contributed by atoms with Crippen molar-refractivity contribution in [2.75, 3.05) is 6.26 Å². The lowest BCUT2D eigenvalue weighted by molar-refractivity contribution is -0.286. The highest BCUT2D eigenvalue weighted by molar-refractivity contribution is 7.84. The van der Waals surface area contributed by atoms with Gasteiger partial charge in [-0.2, -0.15) is 18.9 Å². The highest BCUT2D eigenvalue weighted by atomic mass is 32.2. The molecule has 11 nitrogen and oxygen atoms in total. The van der Waals surface area contributed by atoms with E-state index in [-0.39, 0.29) is 61.7 Å². The van der Waals surface area contributed by atoms with Crippen molar-refractivity contribution in [2.24, 2.45) is 12.1 Å². The predicted octanol–water partition coefficient (Wildman–Crippen LogP) is 6.34. The molecule has 50 heavy (non-hydrogen) atoms. The Labute approximate surface area is 282 Å². The van der Waals surface area contributed by atoms with Gasteiger partial charge in [-0.1, -0.05) is 12.1 Å². The quantitative estimate of drug-likeness (QED) is 0.184. The number of carbonyl (C=O) groups excluding carboxylic acids is 1. The number of aromatic nitrogens is 3. The Hall–Kier alpha value is -5.42. The molecule has 1 atom stereocenters. The van der Waals surface area contributed by atoms with Crippen LogP contribution in [0.5, 0.6) is 11.5 Å². The molecule has 258 valence electrons. The van der Waals surface area contributed by atoms with Gasteiger partial charge in [0.2, 0.25) is 11.7 Å². The summed E-state index contributed by atoms with van der Waals surface area (Å²) in [6.07, 6.45) is -2.53. The number of rotatable bonds is 8. The molecule has 7 rings (SSSR count). The van der Waals surface area contributed by atoms with Crippen LogP contribution in [-0.4, -0.2) is 53.4 Å². The second kappa shape index (κ2) is 11.6. The molecule has 0 saturated carbocycles. The smallest absolute Gasteiger partial charge is 0.440 e. The molecule has 2 aromatic heterocycles. The summed E-state index contributed by atoms with van der Waals surface area (Å²) < 4.78 is 103. The fraction of sp³-hybridized carbons (Fsp3) is 0.212. The highest BCUT2D eigenvalue weighted by Gasteiger charge is 2.53. The van der Waals surface area contributed by atoms with E-state index < -0.39 is 52.9 Å². The van der Waals surface area contributed by atoms with Crippen LogP contribution in [0, 0.1) is 12.7 Å². The van der Waals surface area contributed by atoms with Gasteiger partial charge < -0.3 is 19.0 Å². The molecule has 0 aliphatic carbocycles. The summed E-state index contributed by atoms with van der Waals surface area (Å²) in [5.74, 6) is -6.18. The Balaban J connectivity index is 1.42. The SMILES string of the molecule is CC(=O)N1N=C1C(F)(F)c1cc(-c2ccc(-c3cc(F)c(CO)c(S(C)=O)c3)cc2-c2oc(C)nc2-c2ccc3c(c2)OC(F)(F)O3)n(C)n1. The maximum Gasteiger partial charge on any atom is 0.586 e. The van der Waals surface area contributed by atoms with Crippen molar-refractivity contribution in [3.63, 3.8) is 0 Å². The number of aryl methyl sites for hydroxylation is 2. The summed E-state index contributed by atoms with van der Waals surface area (Å²) in [5, 5.41) is 17.8. The second-order valence-corrected chi connectivity index (χ2v) is 12.8. The number of alkyl halides is 4. The summed E-state index contributed by atoms with van der Waals surface area (Å²) >= 11 is 0. The van der Waals surface area contributed by atoms with Crippen molar-refractivity contribution in [3.05, 3.63) is 77.6 Å². The highest BCUT2D eigenvalue weighted by Crippen LogP contribution is 2.47. The standard InChI is InChI=1S/C33H24F5N5O6S/c1-15-39-29(18-6-8-25-26(11-18)49-33(37,38)48-25)30(47-15)21-9-17(19-10-23(34)22(14-44)27(12-19)50(4)46)5-7-20(21)24-13-28(40-42(24)3)32(35,36)31-41-43(31)16(2)45/h5-13,44H,14H2,1-4H3. The fourth-order valence-electron chi connectivity index (χ4n) is 5.70. The fourth-order valence-corrected chi connectivity index (χ4v) is 6.50. The van der Waals surface area contributed by atoms with Crippen LogP contribution in [0.15, 0.2) is 69.0 Å². The molecule has 2 aliphatic heterocycles. The number of oxazole rings is 1. The minimum absolute atomic E-state index is 0.0718. The average Bonchev–Trinajstić information content (AvgIpc) is 3.52. The van der Waals surface area contributed by atoms with E-state index in [0.717, 1.165) is 19.1 Å². The second-order valence-electron chi connectivity index (χ2n) is 11.4. The molecular formula is C33H24F5N5O6S. The molecule has 0 fully saturated rings. The van der Waals surface area contributed by atoms with Crippen molar-refractivity contribution in [2.45, 2.75) is 37.6 Å². The zero-order chi connectivity index (χ0) is 35.9. The summed E-state index contributed by atoms with van der Waals surface area (Å²) in [6.45, 7) is 1.96. The first kappa shape index (κ1) is 33.1. The van der Waals surface area contributed by atoms with Crippen molar-refractivity contribution in [1.29, 1.82) is 0 Å². The van der Waals surface area contributed by atoms with Crippen LogP contribution in [-0.2, 0) is 35.2 Å². The van der Waals surface area contributed by atoms with E-state index in [0.29, 0.717) is 16.1 Å². The van der Waals surface area contributed by atoms with Crippen LogP contribution in [0.25, 0.3) is 45.0 Å². The normalized spacial score (nSPS) is 15.3. The minimum Gasteiger partial charge on any atom is -0.440 e. The van der Waals surface area contributed by atoms with Gasteiger partial charge in [-0.25, -0.2) is 9.37 Å². The Morgan fingerprint density at radius 1 is 1.00 bits per heavy atom. The molecule has 0 saturated heterocycles. The van der Waals surface area contributed by atoms with Crippen LogP contribution >= 0.6 is 0 Å². The van der Waals surface area contributed by atoms with Crippen molar-refractivity contribution in [1.82, 2.24) is 19.8 Å². The van der Waals surface area contributed by atoms with Gasteiger partial charge >= 0.3 is 12.2 Å². The molecule has 1 N–H and O–H groups in total. The number of amides is 1. The lowest BCUT2D eigenvalue weighted by Gasteiger charge is -2.14. The summed E-state index contributed by atoms with van der Waals surface area (Å²) in [4.78, 5) is 16.2. The molecule has 0 spiro atoms. The predicted molar refractivity (Wildman–Crippen MR) is 168 cm³/mol. The minimum atomic E-state index is -3.88. The van der Waals surface area contributed by atoms with Gasteiger partial charge in [0.05, 0.1) is 23.1 Å². The monoisotopic (exact) mass is 713 g/mol. The van der Waals surface area contributed by atoms with E-state index in [1.165, 1.54) is 42.3 Å². The molecule has 1 amide bonds. The van der Waals surface area contributed by atoms with Gasteiger partial charge in [0, 0.05) is 54.3 Å². The number of aliphatic hydroxyl groups excluding tert-OH is 1. The third-order valence-corrected chi connectivity index (χ3v) is 9.02. The van der Waals surface area contributed by atoms with Crippen molar-refractivity contribution >= 4 is 22.5 Å². The van der Waals surface area contributed by atoms with Crippen LogP contribution in [0.4, 0.5) is 22.0 Å². The van der Waals surface area contributed by atoms with Gasteiger partial charge in [0.1, 0.15) is 17.2 Å². The summed E-state index contributed by atoms with van der Waals surface area (Å²) in [6, 6.07) is 12.5. The van der Waals surface area contributed by atoms with E-state index in [9.17, 15) is 22.9 Å². The number of benzene rings is 3. The Morgan fingerprint density at radius 3 is 2.40 bits per heavy atom. The van der Waals surface area contributed by atoms with Crippen LogP contribution in [0.3, 0.4) is 0 Å². The van der Waals surface area contributed by atoms with Crippen molar-refractivity contribution in [3.8, 4) is 56.5 Å². The molecule has 1 unspecified atom stereocenters. The third kappa shape index (κ3) is 5.61. The van der Waals surface area contributed by atoms with E-state index in [1.807, 2.05) is 0 Å². The Kier molecular flexibility index (Phi) is 7.67. The van der Waals surface area contributed by atoms with Gasteiger partial charge in [0.15, 0.2) is 23.1 Å². The van der Waals surface area contributed by atoms with Gasteiger partial charge in [-0.3, -0.25) is 13.7 Å². The zero-order valence-corrected chi connectivity index (χ0v) is 27.2. The van der Waals surface area contributed by atoms with Gasteiger partial charge in [-0.15, -0.1) is 13.9 Å². The van der Waals surface area contributed by atoms with Crippen LogP contribution in [0.2, 0.25) is 0 Å². The largest absolute Gasteiger partial charge is 0.586 e. The average molecular weight is 714 g/mol. The van der Waals surface area contributed by atoms with E-state index in [1.54, 1.807) is 25.1 Å². The molecule has 5 aromatic rings.